The number of alkyl halides is 1. The van der Waals surface area contributed by atoms with E-state index in [1.807, 2.05) is 11.8 Å². The molecule has 35 heavy (non-hydrogen) atoms. The van der Waals surface area contributed by atoms with E-state index >= 15 is 0 Å². The number of fused-ring (bicyclic) bond motifs is 3. The maximum atomic E-state index is 14.1. The van der Waals surface area contributed by atoms with Crippen molar-refractivity contribution >= 4 is 23.2 Å². The first-order chi connectivity index (χ1) is 16.9. The highest BCUT2D eigenvalue weighted by Gasteiger charge is 2.39. The van der Waals surface area contributed by atoms with Crippen LogP contribution in [0.5, 0.6) is 5.75 Å². The molecule has 0 radical (unpaired) electrons. The van der Waals surface area contributed by atoms with Crippen molar-refractivity contribution in [3.05, 3.63) is 58.3 Å². The number of aromatic nitrogens is 3. The largest absolute Gasteiger partial charge is 0.491 e. The lowest BCUT2D eigenvalue weighted by Crippen LogP contribution is -2.42. The van der Waals surface area contributed by atoms with E-state index in [2.05, 4.69) is 10.1 Å². The first kappa shape index (κ1) is 23.9. The lowest BCUT2D eigenvalue weighted by molar-refractivity contribution is 0.0740. The highest BCUT2D eigenvalue weighted by molar-refractivity contribution is 6.30. The molecular formula is C24H26ClF2N5O3. The summed E-state index contributed by atoms with van der Waals surface area (Å²) in [6, 6.07) is 3.42. The molecule has 0 saturated carbocycles. The van der Waals surface area contributed by atoms with Crippen molar-refractivity contribution in [2.75, 3.05) is 19.8 Å². The number of hydrogen-bond acceptors (Lipinski definition) is 6. The van der Waals surface area contributed by atoms with Crippen molar-refractivity contribution in [1.29, 1.82) is 0 Å². The van der Waals surface area contributed by atoms with Gasteiger partial charge in [0.25, 0.3) is 5.91 Å². The smallest absolute Gasteiger partial charge is 0.258 e. The van der Waals surface area contributed by atoms with Crippen LogP contribution in [-0.2, 0) is 13.1 Å². The molecule has 0 bridgehead atoms. The molecule has 8 nitrogen and oxygen atoms in total. The second-order valence-electron chi connectivity index (χ2n) is 8.94. The third kappa shape index (κ3) is 4.46. The Labute approximate surface area is 206 Å². The number of halogens is 3. The predicted octanol–water partition coefficient (Wildman–Crippen LogP) is 3.24. The quantitative estimate of drug-likeness (QED) is 0.531. The average molecular weight is 506 g/mol. The van der Waals surface area contributed by atoms with E-state index in [0.717, 1.165) is 11.3 Å². The van der Waals surface area contributed by atoms with Crippen molar-refractivity contribution in [2.45, 2.75) is 51.0 Å². The summed E-state index contributed by atoms with van der Waals surface area (Å²) >= 11 is 5.99. The summed E-state index contributed by atoms with van der Waals surface area (Å²) in [6.07, 6.45) is 3.72. The van der Waals surface area contributed by atoms with E-state index in [1.165, 1.54) is 24.4 Å². The second-order valence-corrected chi connectivity index (χ2v) is 9.37. The molecule has 2 aliphatic heterocycles. The lowest BCUT2D eigenvalue weighted by atomic mass is 10.1. The molecule has 2 aromatic heterocycles. The summed E-state index contributed by atoms with van der Waals surface area (Å²) in [5.74, 6) is -0.726. The second kappa shape index (κ2) is 9.67. The molecule has 1 fully saturated rings. The van der Waals surface area contributed by atoms with Gasteiger partial charge in [0.15, 0.2) is 5.65 Å². The molecule has 1 amide bonds. The minimum absolute atomic E-state index is 0.107. The molecule has 4 heterocycles. The van der Waals surface area contributed by atoms with E-state index in [4.69, 9.17) is 16.3 Å². The number of likely N-dealkylation sites (tertiary alicyclic amines) is 1. The summed E-state index contributed by atoms with van der Waals surface area (Å²) in [6.45, 7) is 2.29. The van der Waals surface area contributed by atoms with Gasteiger partial charge in [-0.2, -0.15) is 5.10 Å². The van der Waals surface area contributed by atoms with Crippen LogP contribution in [0.3, 0.4) is 0 Å². The van der Waals surface area contributed by atoms with Gasteiger partial charge in [-0.15, -0.1) is 0 Å². The van der Waals surface area contributed by atoms with Gasteiger partial charge in [0.2, 0.25) is 0 Å². The van der Waals surface area contributed by atoms with Crippen molar-refractivity contribution in [3.8, 4) is 5.75 Å². The van der Waals surface area contributed by atoms with Crippen LogP contribution < -0.4 is 4.74 Å². The SMILES string of the molecule is CCC1C(O)CC(COc2cc(F)ccc2C(=O)N2Cc3nn4cc(Cl)cnc4c3C2)N1CCF. The topological polar surface area (TPSA) is 83.2 Å². The zero-order valence-corrected chi connectivity index (χ0v) is 20.0. The van der Waals surface area contributed by atoms with Crippen molar-refractivity contribution < 1.29 is 23.4 Å². The molecule has 2 aliphatic rings. The summed E-state index contributed by atoms with van der Waals surface area (Å²) in [5.41, 5.74) is 2.43. The van der Waals surface area contributed by atoms with Gasteiger partial charge < -0.3 is 14.7 Å². The van der Waals surface area contributed by atoms with Gasteiger partial charge in [-0.1, -0.05) is 18.5 Å². The maximum absolute atomic E-state index is 14.1. The van der Waals surface area contributed by atoms with Crippen molar-refractivity contribution in [3.63, 3.8) is 0 Å². The van der Waals surface area contributed by atoms with Gasteiger partial charge in [0, 0.05) is 36.5 Å². The van der Waals surface area contributed by atoms with Gasteiger partial charge in [-0.25, -0.2) is 18.3 Å². The fraction of sp³-hybridized carbons (Fsp3) is 0.458. The molecule has 3 aromatic rings. The first-order valence-electron chi connectivity index (χ1n) is 11.6. The van der Waals surface area contributed by atoms with Crippen LogP contribution in [-0.4, -0.2) is 73.4 Å². The first-order valence-corrected chi connectivity index (χ1v) is 12.0. The third-order valence-corrected chi connectivity index (χ3v) is 7.01. The number of carbonyl (C=O) groups excluding carboxylic acids is 1. The molecule has 186 valence electrons. The number of benzene rings is 1. The Balaban J connectivity index is 1.33. The normalized spacial score (nSPS) is 22.2. The van der Waals surface area contributed by atoms with Gasteiger partial charge in [0.05, 0.1) is 41.7 Å². The number of aliphatic hydroxyl groups is 1. The predicted molar refractivity (Wildman–Crippen MR) is 125 cm³/mol. The number of ether oxygens (including phenoxy) is 1. The fourth-order valence-corrected chi connectivity index (χ4v) is 5.33. The molecular weight excluding hydrogens is 480 g/mol. The van der Waals surface area contributed by atoms with Gasteiger partial charge >= 0.3 is 0 Å². The molecule has 3 atom stereocenters. The number of aliphatic hydroxyl groups excluding tert-OH is 1. The summed E-state index contributed by atoms with van der Waals surface area (Å²) in [7, 11) is 0. The Hall–Kier alpha value is -2.82. The van der Waals surface area contributed by atoms with Crippen LogP contribution in [0.4, 0.5) is 8.78 Å². The number of amides is 1. The standard InChI is InChI=1S/C24H26ClF2N5O3/c1-2-20-21(33)8-16(31(20)6-5-26)13-35-22-7-15(27)3-4-17(22)24(34)30-11-18-19(12-30)29-32-10-14(25)9-28-23(18)32/h3-4,7,9-10,16,20-21,33H,2,5-6,8,11-13H2,1H3. The van der Waals surface area contributed by atoms with Gasteiger partial charge in [-0.3, -0.25) is 9.69 Å². The Morgan fingerprint density at radius 2 is 2.17 bits per heavy atom. The van der Waals surface area contributed by atoms with E-state index in [1.54, 1.807) is 15.6 Å². The van der Waals surface area contributed by atoms with Crippen molar-refractivity contribution in [2.24, 2.45) is 0 Å². The van der Waals surface area contributed by atoms with Crippen LogP contribution in [0.2, 0.25) is 5.02 Å². The highest BCUT2D eigenvalue weighted by Crippen LogP contribution is 2.31. The number of carbonyl (C=O) groups is 1. The molecule has 5 rings (SSSR count). The number of hydrogen-bond donors (Lipinski definition) is 1. The maximum Gasteiger partial charge on any atom is 0.258 e. The Morgan fingerprint density at radius 3 is 2.94 bits per heavy atom. The van der Waals surface area contributed by atoms with Gasteiger partial charge in [0.1, 0.15) is 24.8 Å². The van der Waals surface area contributed by atoms with Gasteiger partial charge in [-0.05, 0) is 25.0 Å². The molecule has 11 heteroatoms. The summed E-state index contributed by atoms with van der Waals surface area (Å²) in [4.78, 5) is 21.2. The zero-order chi connectivity index (χ0) is 24.7. The van der Waals surface area contributed by atoms with Crippen molar-refractivity contribution in [1.82, 2.24) is 24.4 Å². The molecule has 3 unspecified atom stereocenters. The summed E-state index contributed by atoms with van der Waals surface area (Å²) < 4.78 is 34.8. The number of nitrogens with zero attached hydrogens (tertiary/aromatic N) is 5. The van der Waals surface area contributed by atoms with Crippen LogP contribution in [0.15, 0.2) is 30.6 Å². The minimum Gasteiger partial charge on any atom is -0.491 e. The Morgan fingerprint density at radius 1 is 1.34 bits per heavy atom. The molecule has 0 aliphatic carbocycles. The van der Waals surface area contributed by atoms with Crippen LogP contribution in [0, 0.1) is 5.82 Å². The molecule has 1 N–H and O–H groups in total. The van der Waals surface area contributed by atoms with Crippen LogP contribution in [0.1, 0.15) is 41.4 Å². The summed E-state index contributed by atoms with van der Waals surface area (Å²) in [5, 5.41) is 15.3. The molecule has 0 spiro atoms. The highest BCUT2D eigenvalue weighted by atomic mass is 35.5. The molecule has 1 saturated heterocycles. The number of rotatable bonds is 7. The Bertz CT molecular complexity index is 1260. The van der Waals surface area contributed by atoms with Crippen LogP contribution in [0.25, 0.3) is 5.65 Å². The molecule has 1 aromatic carbocycles. The fourth-order valence-electron chi connectivity index (χ4n) is 5.19. The lowest BCUT2D eigenvalue weighted by Gasteiger charge is -2.29. The zero-order valence-electron chi connectivity index (χ0n) is 19.2. The monoisotopic (exact) mass is 505 g/mol. The van der Waals surface area contributed by atoms with Crippen LogP contribution >= 0.6 is 11.6 Å². The van der Waals surface area contributed by atoms with E-state index in [-0.39, 0.29) is 49.0 Å². The van der Waals surface area contributed by atoms with E-state index in [0.29, 0.717) is 30.1 Å². The minimum atomic E-state index is -0.584. The third-order valence-electron chi connectivity index (χ3n) is 6.82. The van der Waals surface area contributed by atoms with E-state index < -0.39 is 18.6 Å². The Kier molecular flexibility index (Phi) is 6.61. The van der Waals surface area contributed by atoms with E-state index in [9.17, 15) is 18.7 Å². The average Bonchev–Trinajstić information content (AvgIpc) is 3.48.